The summed E-state index contributed by atoms with van der Waals surface area (Å²) < 4.78 is 7.11. The van der Waals surface area contributed by atoms with Gasteiger partial charge in [0, 0.05) is 18.2 Å². The van der Waals surface area contributed by atoms with Gasteiger partial charge in [0.1, 0.15) is 12.1 Å². The second-order valence-electron chi connectivity index (χ2n) is 6.74. The van der Waals surface area contributed by atoms with Crippen molar-refractivity contribution in [1.82, 2.24) is 19.8 Å². The molecule has 7 heteroatoms. The minimum atomic E-state index is -0.250. The summed E-state index contributed by atoms with van der Waals surface area (Å²) in [6.45, 7) is 4.40. The summed E-state index contributed by atoms with van der Waals surface area (Å²) in [6.07, 6.45) is 6.03. The van der Waals surface area contributed by atoms with Gasteiger partial charge in [0.15, 0.2) is 11.3 Å². The Bertz CT molecular complexity index is 893. The molecule has 1 aliphatic rings. The topological polar surface area (TPSA) is 85.3 Å². The van der Waals surface area contributed by atoms with Gasteiger partial charge in [-0.3, -0.25) is 9.20 Å². The van der Waals surface area contributed by atoms with E-state index in [1.807, 2.05) is 0 Å². The van der Waals surface area contributed by atoms with Crippen molar-refractivity contribution in [2.75, 3.05) is 5.32 Å². The van der Waals surface area contributed by atoms with Crippen molar-refractivity contribution in [3.05, 3.63) is 41.7 Å². The van der Waals surface area contributed by atoms with Crippen LogP contribution in [-0.4, -0.2) is 25.7 Å². The third-order valence-corrected chi connectivity index (χ3v) is 4.32. The first-order valence-corrected chi connectivity index (χ1v) is 7.60. The predicted molar refractivity (Wildman–Crippen MR) is 83.2 cm³/mol. The number of aromatic nitrogens is 4. The number of aryl methyl sites for hydroxylation is 1. The summed E-state index contributed by atoms with van der Waals surface area (Å²) in [6, 6.07) is 3.59. The lowest BCUT2D eigenvalue weighted by Gasteiger charge is -2.28. The summed E-state index contributed by atoms with van der Waals surface area (Å²) in [5.74, 6) is 0.587. The van der Waals surface area contributed by atoms with Crippen LogP contribution in [0, 0.1) is 5.41 Å². The number of pyridine rings is 1. The van der Waals surface area contributed by atoms with Crippen molar-refractivity contribution < 1.29 is 9.32 Å². The first kappa shape index (κ1) is 13.9. The summed E-state index contributed by atoms with van der Waals surface area (Å²) in [5.41, 5.74) is 2.87. The lowest BCUT2D eigenvalue weighted by molar-refractivity contribution is 0.101. The van der Waals surface area contributed by atoms with Crippen molar-refractivity contribution in [3.8, 4) is 0 Å². The van der Waals surface area contributed by atoms with Gasteiger partial charge < -0.3 is 9.84 Å². The van der Waals surface area contributed by atoms with Crippen LogP contribution in [0.25, 0.3) is 5.65 Å². The van der Waals surface area contributed by atoms with Gasteiger partial charge in [-0.1, -0.05) is 19.0 Å². The minimum Gasteiger partial charge on any atom is -0.360 e. The van der Waals surface area contributed by atoms with Gasteiger partial charge >= 0.3 is 0 Å². The van der Waals surface area contributed by atoms with E-state index in [0.717, 1.165) is 36.2 Å². The molecule has 3 heterocycles. The molecule has 1 N–H and O–H groups in total. The highest BCUT2D eigenvalue weighted by Crippen LogP contribution is 2.36. The number of nitrogens with one attached hydrogen (secondary N) is 1. The van der Waals surface area contributed by atoms with Gasteiger partial charge in [0.05, 0.1) is 5.69 Å². The van der Waals surface area contributed by atoms with E-state index in [-0.39, 0.29) is 11.3 Å². The molecule has 0 fully saturated rings. The Morgan fingerprint density at radius 2 is 2.26 bits per heavy atom. The number of amides is 1. The van der Waals surface area contributed by atoms with Crippen LogP contribution < -0.4 is 5.32 Å². The number of carbonyl (C=O) groups excluding carboxylic acids is 1. The monoisotopic (exact) mass is 311 g/mol. The molecule has 7 nitrogen and oxygen atoms in total. The van der Waals surface area contributed by atoms with Crippen molar-refractivity contribution in [1.29, 1.82) is 0 Å². The van der Waals surface area contributed by atoms with Crippen LogP contribution in [0.5, 0.6) is 0 Å². The molecule has 118 valence electrons. The Morgan fingerprint density at radius 1 is 1.39 bits per heavy atom. The van der Waals surface area contributed by atoms with Crippen LogP contribution in [0.3, 0.4) is 0 Å². The molecule has 3 aromatic heterocycles. The maximum absolute atomic E-state index is 12.6. The standard InChI is InChI=1S/C16H17N5O2/c1-16(2)6-5-12-11(7-16)14(20-23-12)15(22)18-10-3-4-13-19-17-9-21(13)8-10/h3-4,8-9H,5-7H2,1-2H3,(H,18,22). The van der Waals surface area contributed by atoms with E-state index >= 15 is 0 Å². The van der Waals surface area contributed by atoms with Crippen LogP contribution in [0.15, 0.2) is 29.2 Å². The van der Waals surface area contributed by atoms with E-state index in [2.05, 4.69) is 34.5 Å². The molecule has 0 aliphatic heterocycles. The Balaban J connectivity index is 1.61. The first-order chi connectivity index (χ1) is 11.0. The second kappa shape index (κ2) is 4.91. The molecule has 23 heavy (non-hydrogen) atoms. The third-order valence-electron chi connectivity index (χ3n) is 4.32. The molecule has 1 aliphatic carbocycles. The van der Waals surface area contributed by atoms with Crippen molar-refractivity contribution >= 4 is 17.2 Å². The molecule has 0 saturated heterocycles. The van der Waals surface area contributed by atoms with Gasteiger partial charge in [0.2, 0.25) is 0 Å². The van der Waals surface area contributed by atoms with Gasteiger partial charge in [-0.25, -0.2) is 0 Å². The van der Waals surface area contributed by atoms with E-state index in [0.29, 0.717) is 11.4 Å². The molecule has 0 bridgehead atoms. The average Bonchev–Trinajstić information content (AvgIpc) is 3.11. The molecule has 0 aromatic carbocycles. The number of fused-ring (bicyclic) bond motifs is 2. The Hall–Kier alpha value is -2.70. The smallest absolute Gasteiger partial charge is 0.278 e. The normalized spacial score (nSPS) is 16.3. The van der Waals surface area contributed by atoms with Crippen molar-refractivity contribution in [2.24, 2.45) is 5.41 Å². The molecule has 0 saturated carbocycles. The molecule has 4 rings (SSSR count). The molecule has 1 amide bonds. The molecule has 0 unspecified atom stereocenters. The predicted octanol–water partition coefficient (Wildman–Crippen LogP) is 2.48. The van der Waals surface area contributed by atoms with Gasteiger partial charge in [0.25, 0.3) is 5.91 Å². The lowest BCUT2D eigenvalue weighted by atomic mass is 9.76. The summed E-state index contributed by atoms with van der Waals surface area (Å²) >= 11 is 0. The van der Waals surface area contributed by atoms with E-state index in [9.17, 15) is 4.79 Å². The highest BCUT2D eigenvalue weighted by atomic mass is 16.5. The van der Waals surface area contributed by atoms with E-state index < -0.39 is 0 Å². The highest BCUT2D eigenvalue weighted by molar-refractivity contribution is 6.03. The van der Waals surface area contributed by atoms with Gasteiger partial charge in [-0.05, 0) is 30.4 Å². The highest BCUT2D eigenvalue weighted by Gasteiger charge is 2.32. The Kier molecular flexibility index (Phi) is 2.97. The zero-order valence-corrected chi connectivity index (χ0v) is 13.0. The summed E-state index contributed by atoms with van der Waals surface area (Å²) in [5, 5.41) is 14.6. The molecular weight excluding hydrogens is 294 g/mol. The molecule has 0 atom stereocenters. The zero-order chi connectivity index (χ0) is 16.0. The van der Waals surface area contributed by atoms with Crippen molar-refractivity contribution in [2.45, 2.75) is 33.1 Å². The number of anilines is 1. The fraction of sp³-hybridized carbons (Fsp3) is 0.375. The van der Waals surface area contributed by atoms with Crippen molar-refractivity contribution in [3.63, 3.8) is 0 Å². The van der Waals surface area contributed by atoms with Crippen LogP contribution >= 0.6 is 0 Å². The van der Waals surface area contributed by atoms with Gasteiger partial charge in [-0.15, -0.1) is 10.2 Å². The second-order valence-corrected chi connectivity index (χ2v) is 6.74. The third kappa shape index (κ3) is 2.48. The van der Waals surface area contributed by atoms with E-state index in [4.69, 9.17) is 4.52 Å². The minimum absolute atomic E-state index is 0.162. The Morgan fingerprint density at radius 3 is 3.13 bits per heavy atom. The van der Waals surface area contributed by atoms with Gasteiger partial charge in [-0.2, -0.15) is 0 Å². The van der Waals surface area contributed by atoms with E-state index in [1.165, 1.54) is 0 Å². The fourth-order valence-electron chi connectivity index (χ4n) is 3.01. The Labute approximate surface area is 132 Å². The number of hydrogen-bond acceptors (Lipinski definition) is 5. The lowest BCUT2D eigenvalue weighted by Crippen LogP contribution is -2.24. The molecule has 0 spiro atoms. The number of rotatable bonds is 2. The number of nitrogens with zero attached hydrogens (tertiary/aromatic N) is 4. The molecule has 3 aromatic rings. The molecule has 0 radical (unpaired) electrons. The maximum atomic E-state index is 12.6. The number of hydrogen-bond donors (Lipinski definition) is 1. The fourth-order valence-corrected chi connectivity index (χ4v) is 3.01. The summed E-state index contributed by atoms with van der Waals surface area (Å²) in [4.78, 5) is 12.6. The van der Waals surface area contributed by atoms with Crippen LogP contribution in [0.1, 0.15) is 42.1 Å². The average molecular weight is 311 g/mol. The van der Waals surface area contributed by atoms with E-state index in [1.54, 1.807) is 29.1 Å². The summed E-state index contributed by atoms with van der Waals surface area (Å²) in [7, 11) is 0. The quantitative estimate of drug-likeness (QED) is 0.786. The van der Waals surface area contributed by atoms with Crippen LogP contribution in [0.4, 0.5) is 5.69 Å². The first-order valence-electron chi connectivity index (χ1n) is 7.60. The SMILES string of the molecule is CC1(C)CCc2onc(C(=O)Nc3ccc4nncn4c3)c2C1. The van der Waals surface area contributed by atoms with Crippen LogP contribution in [-0.2, 0) is 12.8 Å². The van der Waals surface area contributed by atoms with Crippen LogP contribution in [0.2, 0.25) is 0 Å². The number of carbonyl (C=O) groups is 1. The maximum Gasteiger partial charge on any atom is 0.278 e. The largest absolute Gasteiger partial charge is 0.360 e. The zero-order valence-electron chi connectivity index (χ0n) is 13.0. The molecular formula is C16H17N5O2.